The van der Waals surface area contributed by atoms with Crippen LogP contribution in [0, 0.1) is 12.8 Å². The summed E-state index contributed by atoms with van der Waals surface area (Å²) >= 11 is 1.67. The molecule has 1 fully saturated rings. The van der Waals surface area contributed by atoms with Gasteiger partial charge in [-0.1, -0.05) is 42.8 Å². The fourth-order valence-corrected chi connectivity index (χ4v) is 5.75. The van der Waals surface area contributed by atoms with Crippen molar-refractivity contribution in [1.29, 1.82) is 0 Å². The molecule has 1 saturated carbocycles. The fourth-order valence-electron chi connectivity index (χ4n) is 4.71. The van der Waals surface area contributed by atoms with Gasteiger partial charge in [0.1, 0.15) is 5.69 Å². The fraction of sp³-hybridized carbons (Fsp3) is 0.500. The normalized spacial score (nSPS) is 23.2. The highest BCUT2D eigenvalue weighted by molar-refractivity contribution is 8.13. The third-order valence-corrected chi connectivity index (χ3v) is 7.14. The van der Waals surface area contributed by atoms with E-state index in [1.54, 1.807) is 11.8 Å². The van der Waals surface area contributed by atoms with E-state index in [-0.39, 0.29) is 23.8 Å². The van der Waals surface area contributed by atoms with Gasteiger partial charge >= 0.3 is 0 Å². The van der Waals surface area contributed by atoms with Crippen molar-refractivity contribution in [3.63, 3.8) is 0 Å². The van der Waals surface area contributed by atoms with Crippen molar-refractivity contribution in [2.75, 3.05) is 5.75 Å². The van der Waals surface area contributed by atoms with E-state index in [2.05, 4.69) is 29.0 Å². The predicted octanol–water partition coefficient (Wildman–Crippen LogP) is 4.44. The third-order valence-electron chi connectivity index (χ3n) is 6.18. The van der Waals surface area contributed by atoms with Crippen LogP contribution in [0.15, 0.2) is 35.6 Å². The molecule has 0 radical (unpaired) electrons. The minimum Gasteiger partial charge on any atom is -0.474 e. The quantitative estimate of drug-likeness (QED) is 0.670. The van der Waals surface area contributed by atoms with Crippen LogP contribution < -0.4 is 10.5 Å². The summed E-state index contributed by atoms with van der Waals surface area (Å²) in [6.07, 6.45) is 7.88. The van der Waals surface area contributed by atoms with Gasteiger partial charge in [-0.05, 0) is 56.2 Å². The standard InChI is InChI=1S/C24H30N4O2S/c1-15(2)30-22-13-26-20(12-27-22)21(29)11-17-8-7-16(3)19(10-17)24-9-5-4-6-18(24)14-31-23(25)28-24/h7-8,10,12-13,15,18H,4-6,9,11,14H2,1-3H3,(H2,25,28)/t18-,24-/m0/s1. The number of hydrogen-bond acceptors (Lipinski definition) is 7. The molecule has 2 aromatic rings. The molecule has 6 nitrogen and oxygen atoms in total. The van der Waals surface area contributed by atoms with E-state index < -0.39 is 0 Å². The number of nitrogens with two attached hydrogens (primary N) is 1. The Morgan fingerprint density at radius 1 is 1.29 bits per heavy atom. The van der Waals surface area contributed by atoms with Crippen molar-refractivity contribution >= 4 is 22.7 Å². The number of carbonyl (C=O) groups excluding carboxylic acids is 1. The molecule has 2 N–H and O–H groups in total. The Bertz CT molecular complexity index is 990. The monoisotopic (exact) mass is 438 g/mol. The van der Waals surface area contributed by atoms with E-state index in [0.29, 0.717) is 22.7 Å². The van der Waals surface area contributed by atoms with Gasteiger partial charge in [0.2, 0.25) is 5.88 Å². The zero-order valence-corrected chi connectivity index (χ0v) is 19.2. The molecule has 1 aromatic heterocycles. The summed E-state index contributed by atoms with van der Waals surface area (Å²) in [6, 6.07) is 6.30. The van der Waals surface area contributed by atoms with Crippen LogP contribution in [0.5, 0.6) is 5.88 Å². The highest BCUT2D eigenvalue weighted by atomic mass is 32.2. The molecule has 0 spiro atoms. The van der Waals surface area contributed by atoms with Crippen molar-refractivity contribution in [2.45, 2.75) is 64.5 Å². The molecule has 0 amide bonds. The summed E-state index contributed by atoms with van der Waals surface area (Å²) in [5.41, 5.74) is 9.68. The smallest absolute Gasteiger partial charge is 0.232 e. The Morgan fingerprint density at radius 2 is 2.13 bits per heavy atom. The Hall–Kier alpha value is -2.41. The maximum Gasteiger partial charge on any atom is 0.232 e. The van der Waals surface area contributed by atoms with Crippen LogP contribution in [0.1, 0.15) is 66.7 Å². The minimum absolute atomic E-state index is 0.0136. The van der Waals surface area contributed by atoms with Crippen molar-refractivity contribution < 1.29 is 9.53 Å². The first-order valence-corrected chi connectivity index (χ1v) is 12.0. The van der Waals surface area contributed by atoms with Crippen LogP contribution >= 0.6 is 11.8 Å². The van der Waals surface area contributed by atoms with E-state index in [0.717, 1.165) is 24.2 Å². The number of ether oxygens (including phenoxy) is 1. The number of benzene rings is 1. The number of hydrogen-bond donors (Lipinski definition) is 1. The van der Waals surface area contributed by atoms with Gasteiger partial charge in [0.25, 0.3) is 0 Å². The second kappa shape index (κ2) is 8.99. The molecule has 1 aromatic carbocycles. The van der Waals surface area contributed by atoms with Crippen LogP contribution in [-0.2, 0) is 12.0 Å². The van der Waals surface area contributed by atoms with E-state index in [4.69, 9.17) is 15.5 Å². The van der Waals surface area contributed by atoms with Gasteiger partial charge < -0.3 is 10.5 Å². The number of thioether (sulfide) groups is 1. The molecule has 31 heavy (non-hydrogen) atoms. The molecule has 1 aliphatic heterocycles. The number of amidine groups is 1. The van der Waals surface area contributed by atoms with E-state index in [1.165, 1.54) is 36.4 Å². The first kappa shape index (κ1) is 21.8. The molecule has 2 atom stereocenters. The van der Waals surface area contributed by atoms with E-state index in [1.807, 2.05) is 19.9 Å². The van der Waals surface area contributed by atoms with Crippen LogP contribution in [0.4, 0.5) is 0 Å². The van der Waals surface area contributed by atoms with Crippen molar-refractivity contribution in [3.8, 4) is 5.88 Å². The summed E-state index contributed by atoms with van der Waals surface area (Å²) < 4.78 is 5.51. The number of ketones is 1. The Labute approximate surface area is 188 Å². The largest absolute Gasteiger partial charge is 0.474 e. The van der Waals surface area contributed by atoms with Gasteiger partial charge in [-0.25, -0.2) is 9.97 Å². The van der Waals surface area contributed by atoms with Gasteiger partial charge in [0.15, 0.2) is 11.0 Å². The molecular formula is C24H30N4O2S. The molecule has 7 heteroatoms. The summed E-state index contributed by atoms with van der Waals surface area (Å²) in [4.78, 5) is 26.3. The van der Waals surface area contributed by atoms with E-state index in [9.17, 15) is 4.79 Å². The first-order chi connectivity index (χ1) is 14.9. The molecule has 0 bridgehead atoms. The second-order valence-electron chi connectivity index (χ2n) is 8.78. The number of rotatable bonds is 6. The molecule has 0 unspecified atom stereocenters. The molecule has 2 aliphatic rings. The number of aromatic nitrogens is 2. The molecule has 2 heterocycles. The SMILES string of the molecule is Cc1ccc(CC(=O)c2cnc(OC(C)C)cn2)cc1[C@]12CCCC[C@H]1CSC(N)=N2. The number of aryl methyl sites for hydroxylation is 1. The predicted molar refractivity (Wildman–Crippen MR) is 125 cm³/mol. The molecular weight excluding hydrogens is 408 g/mol. The highest BCUT2D eigenvalue weighted by Gasteiger charge is 2.45. The number of nitrogens with zero attached hydrogens (tertiary/aromatic N) is 3. The molecule has 1 aliphatic carbocycles. The van der Waals surface area contributed by atoms with Crippen LogP contribution in [-0.4, -0.2) is 32.8 Å². The maximum absolute atomic E-state index is 12.9. The topological polar surface area (TPSA) is 90.5 Å². The van der Waals surface area contributed by atoms with Crippen molar-refractivity contribution in [3.05, 3.63) is 53.0 Å². The minimum atomic E-state index is -0.258. The van der Waals surface area contributed by atoms with Crippen molar-refractivity contribution in [1.82, 2.24) is 9.97 Å². The van der Waals surface area contributed by atoms with Crippen LogP contribution in [0.3, 0.4) is 0 Å². The number of carbonyl (C=O) groups is 1. The Balaban J connectivity index is 1.59. The Kier molecular flexibility index (Phi) is 6.32. The molecule has 164 valence electrons. The average Bonchev–Trinajstić information content (AvgIpc) is 2.75. The lowest BCUT2D eigenvalue weighted by Crippen LogP contribution is -2.43. The van der Waals surface area contributed by atoms with Gasteiger partial charge in [-0.15, -0.1) is 0 Å². The summed E-state index contributed by atoms with van der Waals surface area (Å²) in [7, 11) is 0. The van der Waals surface area contributed by atoms with Crippen molar-refractivity contribution in [2.24, 2.45) is 16.6 Å². The van der Waals surface area contributed by atoms with Gasteiger partial charge in [-0.2, -0.15) is 0 Å². The summed E-state index contributed by atoms with van der Waals surface area (Å²) in [6.45, 7) is 5.98. The average molecular weight is 439 g/mol. The number of aliphatic imine (C=N–C) groups is 1. The lowest BCUT2D eigenvalue weighted by Gasteiger charge is -2.45. The van der Waals surface area contributed by atoms with Crippen LogP contribution in [0.2, 0.25) is 0 Å². The first-order valence-electron chi connectivity index (χ1n) is 11.0. The lowest BCUT2D eigenvalue weighted by atomic mass is 9.68. The third kappa shape index (κ3) is 4.61. The Morgan fingerprint density at radius 3 is 2.87 bits per heavy atom. The van der Waals surface area contributed by atoms with Gasteiger partial charge in [0, 0.05) is 12.2 Å². The zero-order valence-electron chi connectivity index (χ0n) is 18.4. The zero-order chi connectivity index (χ0) is 22.0. The molecule has 0 saturated heterocycles. The summed E-state index contributed by atoms with van der Waals surface area (Å²) in [5, 5.41) is 0.679. The van der Waals surface area contributed by atoms with Crippen LogP contribution in [0.25, 0.3) is 0 Å². The van der Waals surface area contributed by atoms with E-state index >= 15 is 0 Å². The number of fused-ring (bicyclic) bond motifs is 1. The number of Topliss-reactive ketones (excluding diaryl/α,β-unsaturated/α-hetero) is 1. The van der Waals surface area contributed by atoms with Gasteiger partial charge in [-0.3, -0.25) is 9.79 Å². The molecule has 4 rings (SSSR count). The highest BCUT2D eigenvalue weighted by Crippen LogP contribution is 2.50. The lowest BCUT2D eigenvalue weighted by molar-refractivity contribution is 0.0987. The summed E-state index contributed by atoms with van der Waals surface area (Å²) in [5.74, 6) is 1.87. The second-order valence-corrected chi connectivity index (χ2v) is 9.82. The van der Waals surface area contributed by atoms with Gasteiger partial charge in [0.05, 0.1) is 24.0 Å². The maximum atomic E-state index is 12.9.